The highest BCUT2D eigenvalue weighted by molar-refractivity contribution is 5.85. The van der Waals surface area contributed by atoms with Crippen LogP contribution in [0.15, 0.2) is 24.5 Å². The SMILES string of the molecule is CCCN1CCC[C@@]2(CCN(c3ccncc3)C2)C1=O. The highest BCUT2D eigenvalue weighted by atomic mass is 16.2. The molecule has 1 atom stereocenters. The molecule has 20 heavy (non-hydrogen) atoms. The Hall–Kier alpha value is -1.58. The maximum absolute atomic E-state index is 12.8. The van der Waals surface area contributed by atoms with E-state index in [0.717, 1.165) is 51.9 Å². The summed E-state index contributed by atoms with van der Waals surface area (Å²) in [6, 6.07) is 4.08. The van der Waals surface area contributed by atoms with Crippen LogP contribution in [0.4, 0.5) is 5.69 Å². The quantitative estimate of drug-likeness (QED) is 0.848. The Labute approximate surface area is 120 Å². The molecule has 3 heterocycles. The number of hydrogen-bond acceptors (Lipinski definition) is 3. The molecule has 1 spiro atoms. The third kappa shape index (κ3) is 2.28. The molecule has 0 N–H and O–H groups in total. The molecule has 1 aromatic rings. The summed E-state index contributed by atoms with van der Waals surface area (Å²) in [5, 5.41) is 0. The van der Waals surface area contributed by atoms with Crippen molar-refractivity contribution in [2.45, 2.75) is 32.6 Å². The van der Waals surface area contributed by atoms with Crippen LogP contribution >= 0.6 is 0 Å². The number of piperidine rings is 1. The second-order valence-electron chi connectivity index (χ2n) is 6.05. The molecule has 108 valence electrons. The molecule has 4 heteroatoms. The molecule has 0 bridgehead atoms. The van der Waals surface area contributed by atoms with E-state index < -0.39 is 0 Å². The number of rotatable bonds is 3. The first-order chi connectivity index (χ1) is 9.75. The smallest absolute Gasteiger partial charge is 0.230 e. The molecule has 1 amide bonds. The van der Waals surface area contributed by atoms with Crippen LogP contribution in [0.3, 0.4) is 0 Å². The largest absolute Gasteiger partial charge is 0.370 e. The van der Waals surface area contributed by atoms with E-state index in [2.05, 4.69) is 21.7 Å². The van der Waals surface area contributed by atoms with Crippen molar-refractivity contribution in [3.8, 4) is 0 Å². The lowest BCUT2D eigenvalue weighted by atomic mass is 9.78. The summed E-state index contributed by atoms with van der Waals surface area (Å²) in [4.78, 5) is 21.3. The van der Waals surface area contributed by atoms with Crippen molar-refractivity contribution in [1.82, 2.24) is 9.88 Å². The average Bonchev–Trinajstić information content (AvgIpc) is 2.91. The van der Waals surface area contributed by atoms with Crippen LogP contribution in [0.25, 0.3) is 0 Å². The highest BCUT2D eigenvalue weighted by Crippen LogP contribution is 2.41. The van der Waals surface area contributed by atoms with E-state index in [1.54, 1.807) is 0 Å². The van der Waals surface area contributed by atoms with Crippen molar-refractivity contribution in [3.05, 3.63) is 24.5 Å². The molecular formula is C16H23N3O. The molecule has 4 nitrogen and oxygen atoms in total. The molecule has 0 aliphatic carbocycles. The van der Waals surface area contributed by atoms with Crippen LogP contribution < -0.4 is 4.90 Å². The Kier molecular flexibility index (Phi) is 3.64. The first kappa shape index (κ1) is 13.4. The van der Waals surface area contributed by atoms with Gasteiger partial charge < -0.3 is 9.80 Å². The van der Waals surface area contributed by atoms with Crippen LogP contribution in [0.2, 0.25) is 0 Å². The fourth-order valence-electron chi connectivity index (χ4n) is 3.66. The summed E-state index contributed by atoms with van der Waals surface area (Å²) in [6.45, 7) is 5.86. The zero-order valence-electron chi connectivity index (χ0n) is 12.2. The standard InChI is InChI=1S/C16H23N3O/c1-2-10-18-11-3-6-16(15(18)20)7-12-19(13-16)14-4-8-17-9-5-14/h4-5,8-9H,2-3,6-7,10-13H2,1H3/t16-/m0/s1. The van der Waals surface area contributed by atoms with Crippen molar-refractivity contribution in [1.29, 1.82) is 0 Å². The maximum Gasteiger partial charge on any atom is 0.230 e. The molecule has 2 aliphatic heterocycles. The lowest BCUT2D eigenvalue weighted by Crippen LogP contribution is -2.50. The number of nitrogens with zero attached hydrogens (tertiary/aromatic N) is 3. The Morgan fingerprint density at radius 2 is 2.05 bits per heavy atom. The minimum absolute atomic E-state index is 0.128. The lowest BCUT2D eigenvalue weighted by Gasteiger charge is -2.39. The van der Waals surface area contributed by atoms with E-state index in [1.807, 2.05) is 24.5 Å². The van der Waals surface area contributed by atoms with E-state index in [4.69, 9.17) is 0 Å². The summed E-state index contributed by atoms with van der Waals surface area (Å²) in [5.74, 6) is 0.391. The Morgan fingerprint density at radius 3 is 2.80 bits per heavy atom. The number of pyridine rings is 1. The molecule has 2 fully saturated rings. The Bertz CT molecular complexity index is 474. The summed E-state index contributed by atoms with van der Waals surface area (Å²) in [6.07, 6.45) is 7.90. The molecule has 3 rings (SSSR count). The van der Waals surface area contributed by atoms with Crippen molar-refractivity contribution >= 4 is 11.6 Å². The van der Waals surface area contributed by atoms with Gasteiger partial charge in [-0.3, -0.25) is 9.78 Å². The molecule has 2 aliphatic rings. The van der Waals surface area contributed by atoms with Gasteiger partial charge in [0.05, 0.1) is 5.41 Å². The van der Waals surface area contributed by atoms with Gasteiger partial charge in [0.25, 0.3) is 0 Å². The lowest BCUT2D eigenvalue weighted by molar-refractivity contribution is -0.145. The maximum atomic E-state index is 12.8. The second kappa shape index (κ2) is 5.43. The van der Waals surface area contributed by atoms with Gasteiger partial charge in [0, 0.05) is 44.3 Å². The molecular weight excluding hydrogens is 250 g/mol. The summed E-state index contributed by atoms with van der Waals surface area (Å²) in [7, 11) is 0. The van der Waals surface area contributed by atoms with E-state index in [1.165, 1.54) is 5.69 Å². The highest BCUT2D eigenvalue weighted by Gasteiger charge is 2.48. The number of likely N-dealkylation sites (tertiary alicyclic amines) is 1. The third-order valence-electron chi connectivity index (χ3n) is 4.70. The molecule has 2 saturated heterocycles. The molecule has 0 unspecified atom stereocenters. The molecule has 1 aromatic heterocycles. The zero-order chi connectivity index (χ0) is 14.0. The third-order valence-corrected chi connectivity index (χ3v) is 4.70. The van der Waals surface area contributed by atoms with Crippen LogP contribution in [0, 0.1) is 5.41 Å². The van der Waals surface area contributed by atoms with Gasteiger partial charge in [0.15, 0.2) is 0 Å². The number of amides is 1. The van der Waals surface area contributed by atoms with Crippen LogP contribution in [-0.2, 0) is 4.79 Å². The van der Waals surface area contributed by atoms with E-state index in [-0.39, 0.29) is 5.41 Å². The average molecular weight is 273 g/mol. The predicted molar refractivity (Wildman–Crippen MR) is 79.6 cm³/mol. The Morgan fingerprint density at radius 1 is 1.25 bits per heavy atom. The predicted octanol–water partition coefficient (Wildman–Crippen LogP) is 2.31. The van der Waals surface area contributed by atoms with Crippen LogP contribution in [0.5, 0.6) is 0 Å². The van der Waals surface area contributed by atoms with Gasteiger partial charge in [0.1, 0.15) is 0 Å². The summed E-state index contributed by atoms with van der Waals surface area (Å²) < 4.78 is 0. The summed E-state index contributed by atoms with van der Waals surface area (Å²) >= 11 is 0. The topological polar surface area (TPSA) is 36.4 Å². The normalized spacial score (nSPS) is 26.6. The number of carbonyl (C=O) groups excluding carboxylic acids is 1. The first-order valence-corrected chi connectivity index (χ1v) is 7.69. The Balaban J connectivity index is 1.76. The minimum Gasteiger partial charge on any atom is -0.370 e. The number of anilines is 1. The van der Waals surface area contributed by atoms with Gasteiger partial charge in [-0.05, 0) is 37.8 Å². The fraction of sp³-hybridized carbons (Fsp3) is 0.625. The van der Waals surface area contributed by atoms with Gasteiger partial charge in [-0.1, -0.05) is 6.92 Å². The van der Waals surface area contributed by atoms with Gasteiger partial charge in [-0.15, -0.1) is 0 Å². The molecule has 0 aromatic carbocycles. The number of hydrogen-bond donors (Lipinski definition) is 0. The summed E-state index contributed by atoms with van der Waals surface area (Å²) in [5.41, 5.74) is 1.06. The van der Waals surface area contributed by atoms with Gasteiger partial charge >= 0.3 is 0 Å². The van der Waals surface area contributed by atoms with Crippen LogP contribution in [0.1, 0.15) is 32.6 Å². The van der Waals surface area contributed by atoms with Crippen molar-refractivity contribution in [2.24, 2.45) is 5.41 Å². The molecule has 0 radical (unpaired) electrons. The number of aromatic nitrogens is 1. The number of carbonyl (C=O) groups is 1. The van der Waals surface area contributed by atoms with E-state index in [0.29, 0.717) is 5.91 Å². The minimum atomic E-state index is -0.128. The van der Waals surface area contributed by atoms with Gasteiger partial charge in [0.2, 0.25) is 5.91 Å². The van der Waals surface area contributed by atoms with E-state index >= 15 is 0 Å². The monoisotopic (exact) mass is 273 g/mol. The first-order valence-electron chi connectivity index (χ1n) is 7.69. The zero-order valence-corrected chi connectivity index (χ0v) is 12.2. The second-order valence-corrected chi connectivity index (χ2v) is 6.05. The van der Waals surface area contributed by atoms with Crippen molar-refractivity contribution in [3.63, 3.8) is 0 Å². The van der Waals surface area contributed by atoms with Crippen molar-refractivity contribution in [2.75, 3.05) is 31.1 Å². The van der Waals surface area contributed by atoms with Gasteiger partial charge in [-0.2, -0.15) is 0 Å². The van der Waals surface area contributed by atoms with Crippen LogP contribution in [-0.4, -0.2) is 42.0 Å². The van der Waals surface area contributed by atoms with E-state index in [9.17, 15) is 4.79 Å². The van der Waals surface area contributed by atoms with Crippen molar-refractivity contribution < 1.29 is 4.79 Å². The molecule has 0 saturated carbocycles. The fourth-order valence-corrected chi connectivity index (χ4v) is 3.66. The van der Waals surface area contributed by atoms with Gasteiger partial charge in [-0.25, -0.2) is 0 Å².